The highest BCUT2D eigenvalue weighted by Crippen LogP contribution is 2.25. The Morgan fingerprint density at radius 3 is 2.36 bits per heavy atom. The molecule has 0 radical (unpaired) electrons. The number of benzene rings is 2. The first-order chi connectivity index (χ1) is 12.1. The predicted octanol–water partition coefficient (Wildman–Crippen LogP) is 5.49. The van der Waals surface area contributed by atoms with Gasteiger partial charge in [-0.2, -0.15) is 4.98 Å². The van der Waals surface area contributed by atoms with Crippen molar-refractivity contribution in [2.45, 2.75) is 13.3 Å². The number of halogens is 2. The van der Waals surface area contributed by atoms with Crippen molar-refractivity contribution in [2.24, 2.45) is 0 Å². The molecule has 2 N–H and O–H groups in total. The van der Waals surface area contributed by atoms with Gasteiger partial charge in [0, 0.05) is 34.0 Å². The molecule has 3 aromatic rings. The van der Waals surface area contributed by atoms with Crippen molar-refractivity contribution >= 4 is 40.7 Å². The van der Waals surface area contributed by atoms with E-state index in [1.54, 1.807) is 18.2 Å². The maximum Gasteiger partial charge on any atom is 0.224 e. The summed E-state index contributed by atoms with van der Waals surface area (Å²) >= 11 is 12.1. The Hall–Kier alpha value is -2.30. The van der Waals surface area contributed by atoms with Gasteiger partial charge in [-0.3, -0.25) is 0 Å². The van der Waals surface area contributed by atoms with E-state index in [1.165, 1.54) is 5.56 Å². The molecule has 25 heavy (non-hydrogen) atoms. The fraction of sp³-hybridized carbons (Fsp3) is 0.158. The molecule has 4 nitrogen and oxygen atoms in total. The molecule has 0 saturated heterocycles. The van der Waals surface area contributed by atoms with Gasteiger partial charge < -0.3 is 10.6 Å². The zero-order valence-electron chi connectivity index (χ0n) is 13.8. The normalized spacial score (nSPS) is 10.5. The van der Waals surface area contributed by atoms with Crippen molar-refractivity contribution in [1.82, 2.24) is 9.97 Å². The lowest BCUT2D eigenvalue weighted by atomic mass is 10.1. The van der Waals surface area contributed by atoms with Gasteiger partial charge in [-0.1, -0.05) is 53.5 Å². The van der Waals surface area contributed by atoms with E-state index >= 15 is 0 Å². The monoisotopic (exact) mass is 372 g/mol. The lowest BCUT2D eigenvalue weighted by molar-refractivity contribution is 0.976. The van der Waals surface area contributed by atoms with Gasteiger partial charge >= 0.3 is 0 Å². The summed E-state index contributed by atoms with van der Waals surface area (Å²) in [6.07, 6.45) is 0.908. The maximum absolute atomic E-state index is 6.04. The van der Waals surface area contributed by atoms with E-state index in [1.807, 2.05) is 31.2 Å². The Balaban J connectivity index is 1.67. The van der Waals surface area contributed by atoms with Crippen molar-refractivity contribution in [3.63, 3.8) is 0 Å². The van der Waals surface area contributed by atoms with E-state index in [4.69, 9.17) is 23.2 Å². The molecular formula is C19H18Cl2N4. The van der Waals surface area contributed by atoms with Crippen LogP contribution in [0, 0.1) is 6.92 Å². The second-order valence-corrected chi connectivity index (χ2v) is 6.54. The quantitative estimate of drug-likeness (QED) is 0.600. The molecule has 0 saturated carbocycles. The topological polar surface area (TPSA) is 49.8 Å². The van der Waals surface area contributed by atoms with Crippen molar-refractivity contribution in [3.05, 3.63) is 75.9 Å². The van der Waals surface area contributed by atoms with Crippen molar-refractivity contribution in [3.8, 4) is 0 Å². The minimum absolute atomic E-state index is 0.571. The Morgan fingerprint density at radius 1 is 0.920 bits per heavy atom. The first kappa shape index (κ1) is 17.5. The van der Waals surface area contributed by atoms with Gasteiger partial charge in [0.15, 0.2) is 0 Å². The summed E-state index contributed by atoms with van der Waals surface area (Å²) in [7, 11) is 0. The largest absolute Gasteiger partial charge is 0.354 e. The van der Waals surface area contributed by atoms with E-state index in [0.29, 0.717) is 21.8 Å². The summed E-state index contributed by atoms with van der Waals surface area (Å²) < 4.78 is 0. The van der Waals surface area contributed by atoms with Crippen LogP contribution < -0.4 is 10.6 Å². The van der Waals surface area contributed by atoms with Crippen LogP contribution in [0.4, 0.5) is 17.5 Å². The average Bonchev–Trinajstić information content (AvgIpc) is 2.54. The summed E-state index contributed by atoms with van der Waals surface area (Å²) in [6, 6.07) is 17.5. The van der Waals surface area contributed by atoms with Gasteiger partial charge in [0.1, 0.15) is 5.82 Å². The van der Waals surface area contributed by atoms with Crippen molar-refractivity contribution in [1.29, 1.82) is 0 Å². The third-order valence-corrected chi connectivity index (χ3v) is 3.97. The molecule has 6 heteroatoms. The Bertz CT molecular complexity index is 833. The zero-order valence-corrected chi connectivity index (χ0v) is 15.3. The zero-order chi connectivity index (χ0) is 17.6. The molecule has 0 fully saturated rings. The molecule has 3 rings (SSSR count). The first-order valence-electron chi connectivity index (χ1n) is 7.95. The van der Waals surface area contributed by atoms with E-state index in [2.05, 4.69) is 32.7 Å². The molecule has 1 heterocycles. The molecule has 0 aliphatic heterocycles. The summed E-state index contributed by atoms with van der Waals surface area (Å²) in [5.41, 5.74) is 2.92. The molecule has 1 aromatic heterocycles. The second-order valence-electron chi connectivity index (χ2n) is 5.66. The first-order valence-corrected chi connectivity index (χ1v) is 8.71. The van der Waals surface area contributed by atoms with Gasteiger partial charge in [0.25, 0.3) is 0 Å². The molecule has 2 aromatic carbocycles. The fourth-order valence-corrected chi connectivity index (χ4v) is 2.97. The van der Waals surface area contributed by atoms with E-state index in [0.717, 1.165) is 24.3 Å². The standard InChI is InChI=1S/C19H18Cl2N4/c1-13-9-18(24-17-11-15(20)10-16(21)12-17)25-19(23-13)22-8-7-14-5-3-2-4-6-14/h2-6,9-12H,7-8H2,1H3,(H2,22,23,24,25). The highest BCUT2D eigenvalue weighted by Gasteiger charge is 2.04. The predicted molar refractivity (Wildman–Crippen MR) is 105 cm³/mol. The summed E-state index contributed by atoms with van der Waals surface area (Å²) in [5.74, 6) is 1.28. The van der Waals surface area contributed by atoms with Crippen LogP contribution >= 0.6 is 23.2 Å². The third kappa shape index (κ3) is 5.34. The molecular weight excluding hydrogens is 355 g/mol. The van der Waals surface area contributed by atoms with E-state index in [-0.39, 0.29) is 0 Å². The van der Waals surface area contributed by atoms with Crippen LogP contribution in [0.2, 0.25) is 10.0 Å². The van der Waals surface area contributed by atoms with Crippen LogP contribution in [0.1, 0.15) is 11.3 Å². The second kappa shape index (κ2) is 8.19. The van der Waals surface area contributed by atoms with E-state index < -0.39 is 0 Å². The SMILES string of the molecule is Cc1cc(Nc2cc(Cl)cc(Cl)c2)nc(NCCc2ccccc2)n1. The van der Waals surface area contributed by atoms with Crippen molar-refractivity contribution in [2.75, 3.05) is 17.2 Å². The van der Waals surface area contributed by atoms with Gasteiger partial charge in [0.05, 0.1) is 0 Å². The van der Waals surface area contributed by atoms with Crippen LogP contribution in [0.5, 0.6) is 0 Å². The number of hydrogen-bond donors (Lipinski definition) is 2. The molecule has 0 aliphatic carbocycles. The lowest BCUT2D eigenvalue weighted by Crippen LogP contribution is -2.09. The molecule has 0 bridgehead atoms. The minimum atomic E-state index is 0.571. The number of nitrogens with one attached hydrogen (secondary N) is 2. The molecule has 0 amide bonds. The molecule has 0 spiro atoms. The third-order valence-electron chi connectivity index (χ3n) is 3.53. The summed E-state index contributed by atoms with van der Waals surface area (Å²) in [5, 5.41) is 7.63. The van der Waals surface area contributed by atoms with Crippen LogP contribution in [-0.4, -0.2) is 16.5 Å². The molecule has 0 atom stereocenters. The Morgan fingerprint density at radius 2 is 1.64 bits per heavy atom. The molecule has 128 valence electrons. The fourth-order valence-electron chi connectivity index (χ4n) is 2.45. The number of anilines is 3. The maximum atomic E-state index is 6.04. The number of aromatic nitrogens is 2. The minimum Gasteiger partial charge on any atom is -0.354 e. The molecule has 0 unspecified atom stereocenters. The van der Waals surface area contributed by atoms with Crippen LogP contribution in [0.25, 0.3) is 0 Å². The summed E-state index contributed by atoms with van der Waals surface area (Å²) in [6.45, 7) is 2.69. The smallest absolute Gasteiger partial charge is 0.224 e. The van der Waals surface area contributed by atoms with Gasteiger partial charge in [-0.25, -0.2) is 4.98 Å². The number of nitrogens with zero attached hydrogens (tertiary/aromatic N) is 2. The summed E-state index contributed by atoms with van der Waals surface area (Å²) in [4.78, 5) is 8.93. The highest BCUT2D eigenvalue weighted by molar-refractivity contribution is 6.35. The Labute approximate surface area is 157 Å². The van der Waals surface area contributed by atoms with Crippen LogP contribution in [-0.2, 0) is 6.42 Å². The van der Waals surface area contributed by atoms with Gasteiger partial charge in [-0.15, -0.1) is 0 Å². The van der Waals surface area contributed by atoms with Gasteiger partial charge in [0.2, 0.25) is 5.95 Å². The van der Waals surface area contributed by atoms with Crippen LogP contribution in [0.3, 0.4) is 0 Å². The average molecular weight is 373 g/mol. The molecule has 0 aliphatic rings. The number of rotatable bonds is 6. The van der Waals surface area contributed by atoms with Crippen LogP contribution in [0.15, 0.2) is 54.6 Å². The van der Waals surface area contributed by atoms with E-state index in [9.17, 15) is 0 Å². The number of aryl methyl sites for hydroxylation is 1. The van der Waals surface area contributed by atoms with Crippen molar-refractivity contribution < 1.29 is 0 Å². The Kier molecular flexibility index (Phi) is 5.74. The lowest BCUT2D eigenvalue weighted by Gasteiger charge is -2.10. The number of hydrogen-bond acceptors (Lipinski definition) is 4. The van der Waals surface area contributed by atoms with Gasteiger partial charge in [-0.05, 0) is 37.1 Å². The highest BCUT2D eigenvalue weighted by atomic mass is 35.5.